The number of ketones is 2. The van der Waals surface area contributed by atoms with Crippen molar-refractivity contribution in [2.45, 2.75) is 101 Å². The normalized spacial score (nSPS) is 21.5. The number of aromatic nitrogens is 14. The number of hydrogen-bond acceptors (Lipinski definition) is 19. The summed E-state index contributed by atoms with van der Waals surface area (Å²) in [7, 11) is 0. The number of nitrogens with zero attached hydrogens (tertiary/aromatic N) is 13. The van der Waals surface area contributed by atoms with Crippen LogP contribution in [0.1, 0.15) is 118 Å². The van der Waals surface area contributed by atoms with E-state index in [0.29, 0.717) is 58.9 Å². The van der Waals surface area contributed by atoms with Crippen molar-refractivity contribution in [3.8, 4) is 44.8 Å². The van der Waals surface area contributed by atoms with Gasteiger partial charge in [0.1, 0.15) is 24.3 Å². The summed E-state index contributed by atoms with van der Waals surface area (Å²) in [4.78, 5) is 76.9. The van der Waals surface area contributed by atoms with Crippen molar-refractivity contribution < 1.29 is 34.5 Å². The zero-order valence-corrected chi connectivity index (χ0v) is 44.9. The Morgan fingerprint density at radius 1 is 0.566 bits per heavy atom. The van der Waals surface area contributed by atoms with Crippen LogP contribution in [0.25, 0.3) is 56.1 Å². The average molecular weight is 1120 g/mol. The number of aliphatic hydroxyl groups is 2. The van der Waals surface area contributed by atoms with Crippen molar-refractivity contribution in [1.29, 1.82) is 0 Å². The molecule has 4 fully saturated rings. The number of carbonyl (C=O) groups excluding carboxylic acids is 3. The molecule has 4 saturated heterocycles. The number of anilines is 2. The van der Waals surface area contributed by atoms with Crippen molar-refractivity contribution in [3.63, 3.8) is 0 Å². The molecule has 0 saturated carbocycles. The van der Waals surface area contributed by atoms with Gasteiger partial charge < -0.3 is 37.0 Å². The van der Waals surface area contributed by atoms with Crippen LogP contribution < -0.4 is 16.8 Å². The van der Waals surface area contributed by atoms with Crippen molar-refractivity contribution >= 4 is 46.4 Å². The molecular formula is C58H56N18O7. The van der Waals surface area contributed by atoms with E-state index >= 15 is 0 Å². The number of carboxylic acids is 1. The van der Waals surface area contributed by atoms with Crippen LogP contribution in [-0.4, -0.2) is 150 Å². The number of benzene rings is 2. The van der Waals surface area contributed by atoms with Crippen LogP contribution in [0, 0.1) is 0 Å². The molecule has 25 heteroatoms. The molecule has 12 heterocycles. The number of H-pyrrole nitrogens is 2. The first kappa shape index (κ1) is 53.7. The lowest BCUT2D eigenvalue weighted by molar-refractivity contribution is 0.0444. The number of nitrogens with two attached hydrogens (primary N) is 2. The van der Waals surface area contributed by atoms with E-state index in [2.05, 4.69) is 55.8 Å². The number of amides is 1. The van der Waals surface area contributed by atoms with Gasteiger partial charge in [-0.1, -0.05) is 72.8 Å². The summed E-state index contributed by atoms with van der Waals surface area (Å²) in [5.41, 5.74) is 23.2. The second-order valence-corrected chi connectivity index (χ2v) is 21.1. The van der Waals surface area contributed by atoms with E-state index in [-0.39, 0.29) is 71.0 Å². The fourth-order valence-corrected chi connectivity index (χ4v) is 12.2. The number of piperidine rings is 2. The largest absolute Gasteiger partial charge is 0.475 e. The van der Waals surface area contributed by atoms with Crippen LogP contribution >= 0.6 is 0 Å². The Labute approximate surface area is 472 Å². The van der Waals surface area contributed by atoms with Crippen molar-refractivity contribution in [3.05, 3.63) is 157 Å². The summed E-state index contributed by atoms with van der Waals surface area (Å²) in [5, 5.41) is 53.7. The molecule has 8 atom stereocenters. The molecule has 25 nitrogen and oxygen atoms in total. The molecule has 0 radical (unpaired) electrons. The molecule has 8 unspecified atom stereocenters. The maximum absolute atomic E-state index is 13.2. The van der Waals surface area contributed by atoms with Crippen LogP contribution in [0.5, 0.6) is 0 Å². The van der Waals surface area contributed by atoms with Gasteiger partial charge in [-0.05, 0) is 64.5 Å². The molecule has 4 bridgehead atoms. The van der Waals surface area contributed by atoms with E-state index in [1.54, 1.807) is 28.0 Å². The van der Waals surface area contributed by atoms with Gasteiger partial charge in [-0.15, -0.1) is 0 Å². The average Bonchev–Trinajstić information content (AvgIpc) is 4.41. The molecule has 420 valence electrons. The number of rotatable bonds is 10. The predicted molar refractivity (Wildman–Crippen MR) is 302 cm³/mol. The third kappa shape index (κ3) is 10.2. The number of fused-ring (bicyclic) bond motifs is 6. The monoisotopic (exact) mass is 1120 g/mol. The number of aromatic carboxylic acids is 1. The number of Topliss-reactive ketones (excluding diaryl/α,β-unsaturated/α-hetero) is 2. The van der Waals surface area contributed by atoms with Crippen LogP contribution in [0.4, 0.5) is 11.6 Å². The first-order chi connectivity index (χ1) is 40.2. The van der Waals surface area contributed by atoms with Gasteiger partial charge in [-0.25, -0.2) is 24.7 Å². The minimum Gasteiger partial charge on any atom is -0.475 e. The Balaban J connectivity index is 0.000000146. The highest BCUT2D eigenvalue weighted by molar-refractivity contribution is 6.01. The maximum atomic E-state index is 13.2. The van der Waals surface area contributed by atoms with Crippen LogP contribution in [0.3, 0.4) is 0 Å². The highest BCUT2D eigenvalue weighted by Gasteiger charge is 2.50. The smallest absolute Gasteiger partial charge is 0.373 e. The maximum Gasteiger partial charge on any atom is 0.373 e. The zero-order chi connectivity index (χ0) is 57.6. The van der Waals surface area contributed by atoms with E-state index in [0.717, 1.165) is 70.4 Å². The summed E-state index contributed by atoms with van der Waals surface area (Å²) < 4.78 is 3.04. The van der Waals surface area contributed by atoms with Gasteiger partial charge in [0.25, 0.3) is 5.91 Å². The van der Waals surface area contributed by atoms with Crippen LogP contribution in [0.2, 0.25) is 0 Å². The topological polar surface area (TPSA) is 366 Å². The summed E-state index contributed by atoms with van der Waals surface area (Å²) in [5.74, 6) is -1.37. The highest BCUT2D eigenvalue weighted by Crippen LogP contribution is 2.46. The van der Waals surface area contributed by atoms with E-state index in [4.69, 9.17) is 26.5 Å². The van der Waals surface area contributed by atoms with Crippen LogP contribution in [-0.2, 0) is 0 Å². The Morgan fingerprint density at radius 2 is 1.08 bits per heavy atom. The first-order valence-corrected chi connectivity index (χ1v) is 27.0. The van der Waals surface area contributed by atoms with Crippen LogP contribution in [0.15, 0.2) is 122 Å². The first-order valence-electron chi connectivity index (χ1n) is 27.0. The van der Waals surface area contributed by atoms with E-state index in [9.17, 15) is 29.4 Å². The Hall–Kier alpha value is -9.98. The molecule has 10 N–H and O–H groups in total. The quantitative estimate of drug-likeness (QED) is 0.0773. The minimum absolute atomic E-state index is 0.0157. The number of hydrogen-bond donors (Lipinski definition) is 8. The van der Waals surface area contributed by atoms with Gasteiger partial charge >= 0.3 is 5.97 Å². The second kappa shape index (κ2) is 22.2. The number of aromatic amines is 2. The molecule has 4 aliphatic heterocycles. The fourth-order valence-electron chi connectivity index (χ4n) is 12.2. The minimum atomic E-state index is -1.09. The van der Waals surface area contributed by atoms with Gasteiger partial charge in [0.15, 0.2) is 22.9 Å². The lowest BCUT2D eigenvalue weighted by Crippen LogP contribution is -2.48. The van der Waals surface area contributed by atoms with Gasteiger partial charge in [-0.2, -0.15) is 29.4 Å². The SMILES string of the molecule is CC(=O)c1c(C2CC3CC(O)C(C2)N3)nc2c(-c3ccc(-c4ccccc4)nc3)cnn2c1N.CC(=O)c1c(C2CC3CC(O)C(C2)N3C(=O)c2ncn[nH]2)nc2c(-c3ccc(-c4ccccc4)nc3)cnn2c1N.O=C(O)c1ncn[nH]1. The molecule has 8 aromatic heterocycles. The summed E-state index contributed by atoms with van der Waals surface area (Å²) in [6.45, 7) is 2.98. The zero-order valence-electron chi connectivity index (χ0n) is 44.9. The molecular weight excluding hydrogens is 1060 g/mol. The van der Waals surface area contributed by atoms with Gasteiger partial charge in [0.2, 0.25) is 11.6 Å². The lowest BCUT2D eigenvalue weighted by Gasteiger charge is -2.39. The predicted octanol–water partition coefficient (Wildman–Crippen LogP) is 5.60. The third-order valence-corrected chi connectivity index (χ3v) is 16.0. The van der Waals surface area contributed by atoms with Crippen molar-refractivity contribution in [2.24, 2.45) is 0 Å². The van der Waals surface area contributed by atoms with E-state index < -0.39 is 18.1 Å². The number of carbonyl (C=O) groups is 4. The summed E-state index contributed by atoms with van der Waals surface area (Å²) >= 11 is 0. The molecule has 1 amide bonds. The number of aliphatic hydroxyl groups excluding tert-OH is 2. The van der Waals surface area contributed by atoms with Gasteiger partial charge in [0, 0.05) is 75.7 Å². The molecule has 0 aliphatic carbocycles. The van der Waals surface area contributed by atoms with Crippen molar-refractivity contribution in [1.82, 2.24) is 79.7 Å². The molecule has 2 aromatic carbocycles. The number of nitrogen functional groups attached to an aromatic ring is 2. The Morgan fingerprint density at radius 3 is 1.52 bits per heavy atom. The van der Waals surface area contributed by atoms with E-state index in [1.807, 2.05) is 91.1 Å². The lowest BCUT2D eigenvalue weighted by atomic mass is 9.85. The summed E-state index contributed by atoms with van der Waals surface area (Å²) in [6.07, 6.45) is 12.0. The fraction of sp³-hybridized carbons (Fsp3) is 0.276. The van der Waals surface area contributed by atoms with Gasteiger partial charge in [0.05, 0.1) is 64.5 Å². The molecule has 10 aromatic rings. The summed E-state index contributed by atoms with van der Waals surface area (Å²) in [6, 6.07) is 27.4. The Kier molecular flexibility index (Phi) is 14.3. The number of nitrogens with one attached hydrogen (secondary N) is 3. The molecule has 83 heavy (non-hydrogen) atoms. The molecule has 0 spiro atoms. The van der Waals surface area contributed by atoms with Crippen molar-refractivity contribution in [2.75, 3.05) is 11.5 Å². The third-order valence-electron chi connectivity index (χ3n) is 16.0. The number of pyridine rings is 2. The molecule has 14 rings (SSSR count). The molecule has 4 aliphatic rings. The Bertz CT molecular complexity index is 4020. The highest BCUT2D eigenvalue weighted by atomic mass is 16.4. The number of carboxylic acid groups (broad SMARTS) is 1. The van der Waals surface area contributed by atoms with Gasteiger partial charge in [-0.3, -0.25) is 34.5 Å². The second-order valence-electron chi connectivity index (χ2n) is 21.1. The van der Waals surface area contributed by atoms with E-state index in [1.165, 1.54) is 24.7 Å². The standard InChI is InChI=1S/C29H27N9O3.C26H26N6O2.C3H3N3O2/c1-15(39)24-25(18-9-19-11-23(40)22(10-18)37(19)29(41)27-32-14-33-36-27)35-28-20(13-34-38(28)26(24)30)17-7-8-21(31-12-17)16-5-3-2-4-6-16;1-14(33)23-24(17-9-18-11-22(34)21(10-17)30-18)31-26-19(13-29-32(26)25(23)27)16-7-8-20(28-12-16)15-5-3-2-4-6-15;7-3(8)2-4-1-5-6-2/h2-8,12-14,18-19,22-23,40H,9-11,30H2,1H3,(H,32,33,36);2-8,12-13,17-18,21-22,30,34H,9-11,27H2,1H3;1H,(H,7,8)(H,4,5,6).